The van der Waals surface area contributed by atoms with Crippen LogP contribution < -0.4 is 16.0 Å². The van der Waals surface area contributed by atoms with Crippen molar-refractivity contribution in [2.24, 2.45) is 0 Å². The van der Waals surface area contributed by atoms with Crippen LogP contribution in [0.5, 0.6) is 0 Å². The Kier molecular flexibility index (Phi) is 8.72. The normalized spacial score (nSPS) is 16.0. The third kappa shape index (κ3) is 6.45. The maximum absolute atomic E-state index is 13.6. The van der Waals surface area contributed by atoms with Crippen LogP contribution in [0, 0.1) is 0 Å². The highest BCUT2D eigenvalue weighted by atomic mass is 16.2. The molecule has 3 aromatic carbocycles. The summed E-state index contributed by atoms with van der Waals surface area (Å²) in [5, 5.41) is 20.7. The number of piperazine rings is 1. The zero-order chi connectivity index (χ0) is 28.7. The molecule has 3 heterocycles. The van der Waals surface area contributed by atoms with E-state index >= 15 is 0 Å². The van der Waals surface area contributed by atoms with Crippen molar-refractivity contribution in [3.05, 3.63) is 119 Å². The van der Waals surface area contributed by atoms with Crippen LogP contribution >= 0.6 is 0 Å². The number of carbonyl (C=O) groups is 1. The summed E-state index contributed by atoms with van der Waals surface area (Å²) in [6.45, 7) is 5.03. The topological polar surface area (TPSA) is 99.7 Å². The van der Waals surface area contributed by atoms with E-state index in [0.29, 0.717) is 19.5 Å². The Morgan fingerprint density at radius 1 is 0.929 bits per heavy atom. The van der Waals surface area contributed by atoms with Crippen LogP contribution in [0.3, 0.4) is 0 Å². The molecule has 0 radical (unpaired) electrons. The van der Waals surface area contributed by atoms with Crippen LogP contribution in [0.4, 0.5) is 0 Å². The molecule has 5 aromatic rings. The summed E-state index contributed by atoms with van der Waals surface area (Å²) < 4.78 is 2.22. The Morgan fingerprint density at radius 2 is 1.71 bits per heavy atom. The van der Waals surface area contributed by atoms with E-state index < -0.39 is 0 Å². The average Bonchev–Trinajstić information content (AvgIpc) is 3.64. The number of para-hydroxylation sites is 1. The Bertz CT molecular complexity index is 1600. The number of aromatic amines is 1. The third-order valence-corrected chi connectivity index (χ3v) is 8.19. The summed E-state index contributed by atoms with van der Waals surface area (Å²) in [6.07, 6.45) is 5.27. The van der Waals surface area contributed by atoms with E-state index in [0.717, 1.165) is 60.5 Å². The average molecular weight is 562 g/mol. The highest BCUT2D eigenvalue weighted by molar-refractivity contribution is 5.84. The van der Waals surface area contributed by atoms with Crippen molar-refractivity contribution in [2.75, 3.05) is 19.6 Å². The lowest BCUT2D eigenvalue weighted by atomic mass is 10.0. The predicted molar refractivity (Wildman–Crippen MR) is 166 cm³/mol. The zero-order valence-corrected chi connectivity index (χ0v) is 24.1. The first-order valence-electron chi connectivity index (χ1n) is 15.0. The monoisotopic (exact) mass is 561 g/mol. The molecule has 1 fully saturated rings. The van der Waals surface area contributed by atoms with Gasteiger partial charge in [-0.15, -0.1) is 10.2 Å². The largest absolute Gasteiger partial charge is 0.361 e. The second-order valence-electron chi connectivity index (χ2n) is 11.1. The minimum Gasteiger partial charge on any atom is -0.361 e. The van der Waals surface area contributed by atoms with E-state index in [4.69, 9.17) is 10.2 Å². The second kappa shape index (κ2) is 13.1. The molecule has 1 amide bonds. The lowest BCUT2D eigenvalue weighted by Crippen LogP contribution is -2.56. The lowest BCUT2D eigenvalue weighted by molar-refractivity contribution is -0.124. The molecular formula is C34H39N7O. The number of nitrogens with zero attached hydrogens (tertiary/aromatic N) is 3. The van der Waals surface area contributed by atoms with Gasteiger partial charge in [0.15, 0.2) is 5.82 Å². The van der Waals surface area contributed by atoms with Crippen LogP contribution in [0.2, 0.25) is 0 Å². The molecule has 216 valence electrons. The smallest absolute Gasteiger partial charge is 0.239 e. The standard InChI is InChI=1S/C34H39N7O/c1-2-24-12-14-26(15-13-24)23-41-32(17-16-25-8-4-3-5-9-25)39-40-33(41)30(38-34(42)31-22-35-18-19-36-31)20-27-21-37-29-11-7-6-10-28(27)29/h3-15,21,30-31,35-37H,2,16-20,22-23H2,1H3,(H,38,42). The minimum absolute atomic E-state index is 0.0280. The number of aryl methyl sites for hydroxylation is 3. The van der Waals surface area contributed by atoms with Crippen LogP contribution in [0.25, 0.3) is 10.9 Å². The number of carbonyl (C=O) groups excluding carboxylic acids is 1. The molecule has 6 rings (SSSR count). The highest BCUT2D eigenvalue weighted by Gasteiger charge is 2.28. The molecule has 0 spiro atoms. The molecule has 8 nitrogen and oxygen atoms in total. The number of rotatable bonds is 11. The molecule has 42 heavy (non-hydrogen) atoms. The first kappa shape index (κ1) is 27.9. The van der Waals surface area contributed by atoms with Crippen molar-refractivity contribution >= 4 is 16.8 Å². The summed E-state index contributed by atoms with van der Waals surface area (Å²) in [5.41, 5.74) is 5.98. The summed E-state index contributed by atoms with van der Waals surface area (Å²) in [5.74, 6) is 1.67. The maximum Gasteiger partial charge on any atom is 0.239 e. The van der Waals surface area contributed by atoms with Gasteiger partial charge in [0, 0.05) is 49.6 Å². The van der Waals surface area contributed by atoms with Gasteiger partial charge < -0.3 is 25.5 Å². The molecule has 0 bridgehead atoms. The summed E-state index contributed by atoms with van der Waals surface area (Å²) in [7, 11) is 0. The fourth-order valence-corrected chi connectivity index (χ4v) is 5.77. The van der Waals surface area contributed by atoms with Gasteiger partial charge in [0.2, 0.25) is 5.91 Å². The Labute approximate surface area is 247 Å². The molecule has 2 unspecified atom stereocenters. The third-order valence-electron chi connectivity index (χ3n) is 8.19. The Morgan fingerprint density at radius 3 is 2.50 bits per heavy atom. The van der Waals surface area contributed by atoms with Gasteiger partial charge in [-0.05, 0) is 41.2 Å². The van der Waals surface area contributed by atoms with Gasteiger partial charge in [-0.2, -0.15) is 0 Å². The van der Waals surface area contributed by atoms with E-state index in [-0.39, 0.29) is 18.0 Å². The summed E-state index contributed by atoms with van der Waals surface area (Å²) >= 11 is 0. The van der Waals surface area contributed by atoms with Gasteiger partial charge in [-0.3, -0.25) is 4.79 Å². The number of aromatic nitrogens is 4. The number of hydrogen-bond donors (Lipinski definition) is 4. The van der Waals surface area contributed by atoms with Gasteiger partial charge in [-0.1, -0.05) is 79.7 Å². The SMILES string of the molecule is CCc1ccc(Cn2c(CCc3ccccc3)nnc2C(Cc2c[nH]c3ccccc23)NC(=O)C2CNCCN2)cc1. The van der Waals surface area contributed by atoms with Crippen LogP contribution in [-0.4, -0.2) is 51.3 Å². The van der Waals surface area contributed by atoms with E-state index in [1.165, 1.54) is 16.7 Å². The quantitative estimate of drug-likeness (QED) is 0.195. The van der Waals surface area contributed by atoms with Crippen LogP contribution in [0.15, 0.2) is 85.1 Å². The first-order valence-corrected chi connectivity index (χ1v) is 15.0. The van der Waals surface area contributed by atoms with E-state index in [9.17, 15) is 4.79 Å². The number of H-pyrrole nitrogens is 1. The molecule has 0 aliphatic carbocycles. The molecule has 4 N–H and O–H groups in total. The van der Waals surface area contributed by atoms with Crippen molar-refractivity contribution in [3.8, 4) is 0 Å². The van der Waals surface area contributed by atoms with Crippen molar-refractivity contribution in [3.63, 3.8) is 0 Å². The molecule has 0 saturated carbocycles. The molecule has 1 aliphatic rings. The Hall–Kier alpha value is -4.27. The number of amides is 1. The Balaban J connectivity index is 1.36. The van der Waals surface area contributed by atoms with Crippen molar-refractivity contribution in [1.29, 1.82) is 0 Å². The second-order valence-corrected chi connectivity index (χ2v) is 11.1. The predicted octanol–water partition coefficient (Wildman–Crippen LogP) is 4.12. The fraction of sp³-hybridized carbons (Fsp3) is 0.324. The first-order chi connectivity index (χ1) is 20.7. The number of hydrogen-bond acceptors (Lipinski definition) is 5. The number of fused-ring (bicyclic) bond motifs is 1. The maximum atomic E-state index is 13.6. The molecule has 1 aliphatic heterocycles. The van der Waals surface area contributed by atoms with Crippen LogP contribution in [0.1, 0.15) is 46.9 Å². The molecular weight excluding hydrogens is 522 g/mol. The minimum atomic E-state index is -0.353. The van der Waals surface area contributed by atoms with Gasteiger partial charge in [0.1, 0.15) is 5.82 Å². The molecule has 2 aromatic heterocycles. The molecule has 8 heteroatoms. The van der Waals surface area contributed by atoms with Crippen molar-refractivity contribution in [2.45, 2.75) is 51.2 Å². The van der Waals surface area contributed by atoms with Gasteiger partial charge in [-0.25, -0.2) is 0 Å². The summed E-state index contributed by atoms with van der Waals surface area (Å²) in [4.78, 5) is 16.9. The lowest BCUT2D eigenvalue weighted by Gasteiger charge is -2.27. The van der Waals surface area contributed by atoms with Gasteiger partial charge in [0.05, 0.1) is 18.6 Å². The van der Waals surface area contributed by atoms with E-state index in [1.807, 2.05) is 18.3 Å². The summed E-state index contributed by atoms with van der Waals surface area (Å²) in [6, 6.07) is 26.9. The molecule has 1 saturated heterocycles. The zero-order valence-electron chi connectivity index (χ0n) is 24.1. The number of nitrogens with one attached hydrogen (secondary N) is 4. The molecule has 2 atom stereocenters. The van der Waals surface area contributed by atoms with Crippen molar-refractivity contribution < 1.29 is 4.79 Å². The highest BCUT2D eigenvalue weighted by Crippen LogP contribution is 2.26. The number of benzene rings is 3. The van der Waals surface area contributed by atoms with Crippen molar-refractivity contribution in [1.82, 2.24) is 35.7 Å². The van der Waals surface area contributed by atoms with Gasteiger partial charge in [0.25, 0.3) is 0 Å². The van der Waals surface area contributed by atoms with E-state index in [1.54, 1.807) is 0 Å². The van der Waals surface area contributed by atoms with Crippen LogP contribution in [-0.2, 0) is 37.0 Å². The van der Waals surface area contributed by atoms with E-state index in [2.05, 4.69) is 99.2 Å². The van der Waals surface area contributed by atoms with Gasteiger partial charge >= 0.3 is 0 Å². The fourth-order valence-electron chi connectivity index (χ4n) is 5.77.